The fourth-order valence-corrected chi connectivity index (χ4v) is 6.11. The van der Waals surface area contributed by atoms with Gasteiger partial charge in [0.15, 0.2) is 5.82 Å². The minimum absolute atomic E-state index is 0.0105. The van der Waals surface area contributed by atoms with Crippen molar-refractivity contribution in [1.82, 2.24) is 19.5 Å². The van der Waals surface area contributed by atoms with E-state index in [1.807, 2.05) is 0 Å². The molecule has 2 N–H and O–H groups in total. The Hall–Kier alpha value is -2.31. The van der Waals surface area contributed by atoms with Crippen molar-refractivity contribution in [3.63, 3.8) is 0 Å². The molecule has 1 amide bonds. The van der Waals surface area contributed by atoms with Gasteiger partial charge in [0.1, 0.15) is 5.75 Å². The zero-order valence-electron chi connectivity index (χ0n) is 18.8. The lowest BCUT2D eigenvalue weighted by molar-refractivity contribution is -0.113. The highest BCUT2D eigenvalue weighted by atomic mass is 35.5. The molecule has 0 unspecified atom stereocenters. The number of sulfonamides is 1. The van der Waals surface area contributed by atoms with Crippen LogP contribution in [0.1, 0.15) is 19.3 Å². The van der Waals surface area contributed by atoms with Gasteiger partial charge in [0.25, 0.3) is 0 Å². The first kappa shape index (κ1) is 25.8. The maximum atomic E-state index is 13.0. The lowest BCUT2D eigenvalue weighted by atomic mass is 10.2. The van der Waals surface area contributed by atoms with E-state index in [4.69, 9.17) is 27.9 Å². The second kappa shape index (κ2) is 11.2. The third kappa shape index (κ3) is 6.10. The van der Waals surface area contributed by atoms with Gasteiger partial charge in [-0.25, -0.2) is 13.4 Å². The van der Waals surface area contributed by atoms with Crippen LogP contribution in [0.2, 0.25) is 10.0 Å². The number of anilines is 1. The van der Waals surface area contributed by atoms with Crippen LogP contribution < -0.4 is 10.1 Å². The zero-order valence-corrected chi connectivity index (χ0v) is 21.9. The molecule has 2 aromatic carbocycles. The highest BCUT2D eigenvalue weighted by Crippen LogP contribution is 2.32. The molecule has 1 aliphatic rings. The van der Waals surface area contributed by atoms with Crippen LogP contribution in [0.25, 0.3) is 11.4 Å². The van der Waals surface area contributed by atoms with Crippen LogP contribution in [0, 0.1) is 0 Å². The minimum atomic E-state index is -3.65. The van der Waals surface area contributed by atoms with Crippen molar-refractivity contribution in [3.05, 3.63) is 46.4 Å². The first-order valence-corrected chi connectivity index (χ1v) is 13.9. The second-order valence-electron chi connectivity index (χ2n) is 7.75. The third-order valence-corrected chi connectivity index (χ3v) is 8.69. The van der Waals surface area contributed by atoms with Crippen molar-refractivity contribution < 1.29 is 17.9 Å². The number of nitrogens with zero attached hydrogens (tertiary/aromatic N) is 3. The monoisotopic (exact) mass is 555 g/mol. The van der Waals surface area contributed by atoms with E-state index in [1.165, 1.54) is 22.5 Å². The van der Waals surface area contributed by atoms with Gasteiger partial charge in [-0.3, -0.25) is 9.89 Å². The molecule has 1 aromatic heterocycles. The van der Waals surface area contributed by atoms with Crippen molar-refractivity contribution >= 4 is 56.6 Å². The summed E-state index contributed by atoms with van der Waals surface area (Å²) in [7, 11) is -2.11. The third-order valence-electron chi connectivity index (χ3n) is 5.38. The molecule has 0 aliphatic carbocycles. The van der Waals surface area contributed by atoms with Crippen LogP contribution in [-0.4, -0.2) is 59.8 Å². The van der Waals surface area contributed by atoms with Gasteiger partial charge in [0, 0.05) is 18.1 Å². The summed E-state index contributed by atoms with van der Waals surface area (Å²) in [6, 6.07) is 9.46. The topological polar surface area (TPSA) is 117 Å². The summed E-state index contributed by atoms with van der Waals surface area (Å²) in [5.74, 6) is 0.638. The van der Waals surface area contributed by atoms with Gasteiger partial charge >= 0.3 is 0 Å². The number of amides is 1. The molecule has 13 heteroatoms. The number of piperidine rings is 1. The van der Waals surface area contributed by atoms with Crippen molar-refractivity contribution in [3.8, 4) is 17.1 Å². The smallest absolute Gasteiger partial charge is 0.243 e. The molecule has 9 nitrogen and oxygen atoms in total. The first-order chi connectivity index (χ1) is 16.8. The second-order valence-corrected chi connectivity index (χ2v) is 11.5. The molecule has 35 heavy (non-hydrogen) atoms. The molecule has 0 bridgehead atoms. The van der Waals surface area contributed by atoms with Crippen LogP contribution in [0.4, 0.5) is 5.69 Å². The molecule has 0 radical (unpaired) electrons. The van der Waals surface area contributed by atoms with Crippen LogP contribution in [-0.2, 0) is 14.8 Å². The maximum absolute atomic E-state index is 13.0. The Balaban J connectivity index is 1.42. The summed E-state index contributed by atoms with van der Waals surface area (Å²) in [5, 5.41) is 10.7. The minimum Gasteiger partial charge on any atom is -0.496 e. The predicted octanol–water partition coefficient (Wildman–Crippen LogP) is 4.69. The summed E-state index contributed by atoms with van der Waals surface area (Å²) in [5.41, 5.74) is 0.872. The van der Waals surface area contributed by atoms with Crippen LogP contribution in [0.5, 0.6) is 5.75 Å². The number of carbonyl (C=O) groups is 1. The molecule has 186 valence electrons. The SMILES string of the molecule is COc1ccc(Cl)cc1-c1nc(SCC(=O)Nc2cc(S(=O)(=O)N3CCCCC3)ccc2Cl)n[nH]1. The molecule has 1 aliphatic heterocycles. The molecule has 2 heterocycles. The van der Waals surface area contributed by atoms with Crippen molar-refractivity contribution in [2.24, 2.45) is 0 Å². The first-order valence-electron chi connectivity index (χ1n) is 10.8. The Morgan fingerprint density at radius 1 is 1.17 bits per heavy atom. The zero-order chi connectivity index (χ0) is 25.0. The average molecular weight is 556 g/mol. The number of H-pyrrole nitrogens is 1. The standard InChI is InChI=1S/C22H23Cl2N5O4S2/c1-33-19-8-5-14(23)11-16(19)21-26-22(28-27-21)34-13-20(30)25-18-12-15(6-7-17(18)24)35(31,32)29-9-3-2-4-10-29/h5-8,11-12H,2-4,9-10,13H2,1H3,(H,25,30)(H,26,27,28). The lowest BCUT2D eigenvalue weighted by Crippen LogP contribution is -2.35. The molecular weight excluding hydrogens is 533 g/mol. The molecule has 1 fully saturated rings. The number of aromatic amines is 1. The van der Waals surface area contributed by atoms with E-state index in [9.17, 15) is 13.2 Å². The van der Waals surface area contributed by atoms with Gasteiger partial charge in [0.05, 0.1) is 34.0 Å². The number of methoxy groups -OCH3 is 1. The Kier molecular flexibility index (Phi) is 8.23. The molecular formula is C22H23Cl2N5O4S2. The quantitative estimate of drug-likeness (QED) is 0.387. The van der Waals surface area contributed by atoms with Crippen molar-refractivity contribution in [2.45, 2.75) is 29.3 Å². The number of nitrogens with one attached hydrogen (secondary N) is 2. The molecule has 0 atom stereocenters. The normalized spacial score (nSPS) is 14.6. The van der Waals surface area contributed by atoms with Gasteiger partial charge in [0.2, 0.25) is 21.1 Å². The van der Waals surface area contributed by atoms with Gasteiger partial charge in [-0.05, 0) is 49.2 Å². The summed E-state index contributed by atoms with van der Waals surface area (Å²) in [4.78, 5) is 17.1. The number of hydrogen-bond acceptors (Lipinski definition) is 7. The van der Waals surface area contributed by atoms with Crippen LogP contribution in [0.3, 0.4) is 0 Å². The Morgan fingerprint density at radius 3 is 2.69 bits per heavy atom. The molecule has 0 spiro atoms. The van der Waals surface area contributed by atoms with Crippen molar-refractivity contribution in [2.75, 3.05) is 31.3 Å². The van der Waals surface area contributed by atoms with E-state index in [2.05, 4.69) is 20.5 Å². The van der Waals surface area contributed by atoms with Crippen LogP contribution in [0.15, 0.2) is 46.5 Å². The number of rotatable bonds is 8. The average Bonchev–Trinajstić information content (AvgIpc) is 3.33. The largest absolute Gasteiger partial charge is 0.496 e. The Bertz CT molecular complexity index is 1330. The predicted molar refractivity (Wildman–Crippen MR) is 137 cm³/mol. The van der Waals surface area contributed by atoms with Gasteiger partial charge < -0.3 is 10.1 Å². The fraction of sp³-hybridized carbons (Fsp3) is 0.318. The number of ether oxygens (including phenoxy) is 1. The number of benzene rings is 2. The van der Waals surface area contributed by atoms with Crippen LogP contribution >= 0.6 is 35.0 Å². The number of aromatic nitrogens is 3. The summed E-state index contributed by atoms with van der Waals surface area (Å²) in [6.45, 7) is 0.978. The van der Waals surface area contributed by atoms with Gasteiger partial charge in [-0.1, -0.05) is 41.4 Å². The number of halogens is 2. The molecule has 1 saturated heterocycles. The summed E-state index contributed by atoms with van der Waals surface area (Å²) in [6.07, 6.45) is 2.69. The van der Waals surface area contributed by atoms with Gasteiger partial charge in [-0.15, -0.1) is 5.10 Å². The maximum Gasteiger partial charge on any atom is 0.243 e. The highest BCUT2D eigenvalue weighted by Gasteiger charge is 2.26. The molecule has 0 saturated carbocycles. The molecule has 3 aromatic rings. The van der Waals surface area contributed by atoms with E-state index >= 15 is 0 Å². The highest BCUT2D eigenvalue weighted by molar-refractivity contribution is 7.99. The Labute approximate surface area is 217 Å². The fourth-order valence-electron chi connectivity index (χ4n) is 3.63. The lowest BCUT2D eigenvalue weighted by Gasteiger charge is -2.26. The summed E-state index contributed by atoms with van der Waals surface area (Å²) < 4.78 is 32.7. The van der Waals surface area contributed by atoms with E-state index < -0.39 is 10.0 Å². The van der Waals surface area contributed by atoms with Gasteiger partial charge in [-0.2, -0.15) is 4.31 Å². The van der Waals surface area contributed by atoms with E-state index in [0.29, 0.717) is 40.4 Å². The Morgan fingerprint density at radius 2 is 1.94 bits per heavy atom. The number of carbonyl (C=O) groups excluding carboxylic acids is 1. The van der Waals surface area contributed by atoms with E-state index in [1.54, 1.807) is 25.3 Å². The van der Waals surface area contributed by atoms with E-state index in [-0.39, 0.29) is 27.3 Å². The summed E-state index contributed by atoms with van der Waals surface area (Å²) >= 11 is 13.4. The van der Waals surface area contributed by atoms with Crippen molar-refractivity contribution in [1.29, 1.82) is 0 Å². The number of hydrogen-bond donors (Lipinski definition) is 2. The number of thioether (sulfide) groups is 1. The molecule has 4 rings (SSSR count). The van der Waals surface area contributed by atoms with E-state index in [0.717, 1.165) is 31.0 Å².